The molecule has 0 aromatic carbocycles. The molecular formula is C35H52N2O4. The minimum absolute atomic E-state index is 0.0257. The first-order valence-corrected chi connectivity index (χ1v) is 16.1. The summed E-state index contributed by atoms with van der Waals surface area (Å²) < 4.78 is 5.33. The molecule has 226 valence electrons. The van der Waals surface area contributed by atoms with Gasteiger partial charge in [-0.1, -0.05) is 59.2 Å². The Morgan fingerprint density at radius 1 is 1.02 bits per heavy atom. The van der Waals surface area contributed by atoms with Crippen molar-refractivity contribution in [3.8, 4) is 0 Å². The molecule has 0 aliphatic heterocycles. The molecule has 5 aliphatic carbocycles. The number of fused-ring (bicyclic) bond motifs is 7. The van der Waals surface area contributed by atoms with Gasteiger partial charge >= 0.3 is 0 Å². The van der Waals surface area contributed by atoms with Crippen LogP contribution in [-0.4, -0.2) is 28.1 Å². The number of allylic oxidation sites excluding steroid dienone is 2. The Morgan fingerprint density at radius 3 is 2.41 bits per heavy atom. The molecule has 4 fully saturated rings. The van der Waals surface area contributed by atoms with E-state index in [1.54, 1.807) is 0 Å². The zero-order chi connectivity index (χ0) is 29.8. The van der Waals surface area contributed by atoms with Crippen LogP contribution < -0.4 is 5.32 Å². The number of amides is 1. The summed E-state index contributed by atoms with van der Waals surface area (Å²) in [4.78, 5) is 28.2. The van der Waals surface area contributed by atoms with Crippen molar-refractivity contribution in [2.75, 3.05) is 0 Å². The van der Waals surface area contributed by atoms with Crippen molar-refractivity contribution in [1.29, 1.82) is 0 Å². The van der Waals surface area contributed by atoms with Gasteiger partial charge in [0.1, 0.15) is 0 Å². The van der Waals surface area contributed by atoms with E-state index in [4.69, 9.17) is 4.52 Å². The van der Waals surface area contributed by atoms with Crippen LogP contribution in [-0.2, 0) is 16.1 Å². The highest BCUT2D eigenvalue weighted by Crippen LogP contribution is 2.75. The number of ketones is 1. The molecule has 4 saturated carbocycles. The largest absolute Gasteiger partial charge is 0.393 e. The number of nitrogens with one attached hydrogen (secondary N) is 1. The molecule has 9 atom stereocenters. The van der Waals surface area contributed by atoms with E-state index in [2.05, 4.69) is 65.0 Å². The molecule has 41 heavy (non-hydrogen) atoms. The Bertz CT molecular complexity index is 1300. The second kappa shape index (κ2) is 9.03. The summed E-state index contributed by atoms with van der Waals surface area (Å²) in [5.41, 5.74) is 1.26. The molecule has 6 heteroatoms. The molecule has 6 rings (SSSR count). The van der Waals surface area contributed by atoms with Crippen LogP contribution in [0, 0.1) is 57.2 Å². The standard InChI is InChI=1S/C35H52N2O4/c1-21-17-22(41-37-21)20-36-29(40)32(5)14-13-31(4)15-16-34(7)23(24(31)19-32)18-25(38)28-33(6)11-10-27(39)30(2,3)26(33)9-12-35(28,34)8/h17-18,24,26-28,39H,9-16,19-20H2,1-8H3,(H,36,40)/t24-,26?,27+,28-,31-,32+,33+,34-,35-/m1/s1. The Hall–Kier alpha value is -1.95. The number of nitrogens with zero attached hydrogens (tertiary/aromatic N) is 1. The predicted octanol–water partition coefficient (Wildman–Crippen LogP) is 6.94. The van der Waals surface area contributed by atoms with Crippen molar-refractivity contribution in [3.63, 3.8) is 0 Å². The number of carbonyl (C=O) groups excluding carboxylic acids is 2. The smallest absolute Gasteiger partial charge is 0.226 e. The predicted molar refractivity (Wildman–Crippen MR) is 159 cm³/mol. The lowest BCUT2D eigenvalue weighted by atomic mass is 9.33. The first-order chi connectivity index (χ1) is 19.0. The number of carbonyl (C=O) groups is 2. The SMILES string of the molecule is Cc1cc(CNC(=O)[C@@]2(C)CC[C@]3(C)CC[C@]4(C)C(=CC(=O)[C@@H]5[C@@]6(C)CC[C@H](O)C(C)(C)C6CC[C@]54C)[C@H]3C2)on1. The number of aliphatic hydroxyl groups excluding tert-OH is 1. The van der Waals surface area contributed by atoms with Crippen molar-refractivity contribution < 1.29 is 19.2 Å². The number of aliphatic hydroxyl groups is 1. The minimum atomic E-state index is -0.494. The van der Waals surface area contributed by atoms with Crippen LogP contribution in [0.3, 0.4) is 0 Å². The van der Waals surface area contributed by atoms with Crippen LogP contribution in [0.15, 0.2) is 22.2 Å². The molecule has 1 unspecified atom stereocenters. The average molecular weight is 565 g/mol. The monoisotopic (exact) mass is 564 g/mol. The summed E-state index contributed by atoms with van der Waals surface area (Å²) >= 11 is 0. The zero-order valence-electron chi connectivity index (χ0n) is 26.7. The highest BCUT2D eigenvalue weighted by atomic mass is 16.5. The molecule has 1 aromatic rings. The zero-order valence-corrected chi connectivity index (χ0v) is 26.7. The molecule has 0 radical (unpaired) electrons. The van der Waals surface area contributed by atoms with E-state index in [1.165, 1.54) is 5.57 Å². The first kappa shape index (κ1) is 29.1. The Kier molecular flexibility index (Phi) is 6.42. The molecule has 5 aliphatic rings. The van der Waals surface area contributed by atoms with Gasteiger partial charge < -0.3 is 14.9 Å². The van der Waals surface area contributed by atoms with Gasteiger partial charge in [-0.05, 0) is 110 Å². The van der Waals surface area contributed by atoms with E-state index in [1.807, 2.05) is 13.0 Å². The van der Waals surface area contributed by atoms with Gasteiger partial charge in [0.2, 0.25) is 5.91 Å². The third-order valence-corrected chi connectivity index (χ3v) is 14.2. The summed E-state index contributed by atoms with van der Waals surface area (Å²) in [6.45, 7) is 18.5. The van der Waals surface area contributed by atoms with Crippen LogP contribution in [0.1, 0.15) is 118 Å². The number of aryl methyl sites for hydroxylation is 1. The normalized spacial score (nSPS) is 46.9. The van der Waals surface area contributed by atoms with E-state index in [-0.39, 0.29) is 50.9 Å². The van der Waals surface area contributed by atoms with E-state index in [0.717, 1.165) is 63.5 Å². The van der Waals surface area contributed by atoms with Crippen molar-refractivity contribution in [3.05, 3.63) is 29.2 Å². The highest BCUT2D eigenvalue weighted by Gasteiger charge is 2.70. The molecule has 0 bridgehead atoms. The number of hydrogen-bond donors (Lipinski definition) is 2. The van der Waals surface area contributed by atoms with Crippen LogP contribution in [0.2, 0.25) is 0 Å². The second-order valence-corrected chi connectivity index (χ2v) is 16.7. The molecule has 0 saturated heterocycles. The summed E-state index contributed by atoms with van der Waals surface area (Å²) in [5, 5.41) is 18.1. The van der Waals surface area contributed by atoms with Crippen LogP contribution in [0.5, 0.6) is 0 Å². The van der Waals surface area contributed by atoms with Crippen molar-refractivity contribution >= 4 is 11.7 Å². The third kappa shape index (κ3) is 3.94. The fraction of sp³-hybridized carbons (Fsp3) is 0.800. The summed E-state index contributed by atoms with van der Waals surface area (Å²) in [5.74, 6) is 1.58. The van der Waals surface area contributed by atoms with Gasteiger partial charge in [-0.25, -0.2) is 0 Å². The van der Waals surface area contributed by atoms with Crippen molar-refractivity contribution in [2.45, 2.75) is 126 Å². The Labute approximate surface area is 246 Å². The first-order valence-electron chi connectivity index (χ1n) is 16.1. The van der Waals surface area contributed by atoms with Gasteiger partial charge in [0, 0.05) is 17.4 Å². The summed E-state index contributed by atoms with van der Waals surface area (Å²) in [6, 6.07) is 1.87. The van der Waals surface area contributed by atoms with E-state index >= 15 is 0 Å². The number of hydrogen-bond acceptors (Lipinski definition) is 5. The maximum Gasteiger partial charge on any atom is 0.226 e. The molecule has 1 heterocycles. The van der Waals surface area contributed by atoms with E-state index < -0.39 is 5.41 Å². The van der Waals surface area contributed by atoms with Gasteiger partial charge in [0.15, 0.2) is 11.5 Å². The van der Waals surface area contributed by atoms with Gasteiger partial charge in [0.25, 0.3) is 0 Å². The van der Waals surface area contributed by atoms with Crippen LogP contribution >= 0.6 is 0 Å². The summed E-state index contributed by atoms with van der Waals surface area (Å²) in [6.07, 6.45) is 10.4. The molecule has 6 nitrogen and oxygen atoms in total. The average Bonchev–Trinajstić information content (AvgIpc) is 3.32. The van der Waals surface area contributed by atoms with E-state index in [9.17, 15) is 14.7 Å². The van der Waals surface area contributed by atoms with E-state index in [0.29, 0.717) is 24.0 Å². The molecule has 1 amide bonds. The topological polar surface area (TPSA) is 92.4 Å². The second-order valence-electron chi connectivity index (χ2n) is 16.7. The van der Waals surface area contributed by atoms with Gasteiger partial charge in [-0.15, -0.1) is 0 Å². The maximum absolute atomic E-state index is 14.5. The maximum atomic E-state index is 14.5. The van der Waals surface area contributed by atoms with Gasteiger partial charge in [-0.3, -0.25) is 9.59 Å². The van der Waals surface area contributed by atoms with Crippen molar-refractivity contribution in [1.82, 2.24) is 10.5 Å². The molecule has 1 aromatic heterocycles. The molecular weight excluding hydrogens is 512 g/mol. The number of aromatic nitrogens is 1. The fourth-order valence-corrected chi connectivity index (χ4v) is 11.3. The quantitative estimate of drug-likeness (QED) is 0.415. The van der Waals surface area contributed by atoms with Crippen LogP contribution in [0.25, 0.3) is 0 Å². The minimum Gasteiger partial charge on any atom is -0.393 e. The lowest BCUT2D eigenvalue weighted by Crippen LogP contribution is -2.66. The lowest BCUT2D eigenvalue weighted by Gasteiger charge is -2.70. The summed E-state index contributed by atoms with van der Waals surface area (Å²) in [7, 11) is 0. The Balaban J connectivity index is 1.34. The Morgan fingerprint density at radius 2 is 1.73 bits per heavy atom. The fourth-order valence-electron chi connectivity index (χ4n) is 11.3. The molecule has 2 N–H and O–H groups in total. The van der Waals surface area contributed by atoms with Crippen molar-refractivity contribution in [2.24, 2.45) is 50.2 Å². The van der Waals surface area contributed by atoms with Gasteiger partial charge in [-0.2, -0.15) is 0 Å². The lowest BCUT2D eigenvalue weighted by molar-refractivity contribution is -0.202. The van der Waals surface area contributed by atoms with Gasteiger partial charge in [0.05, 0.1) is 18.3 Å². The number of rotatable bonds is 3. The molecule has 0 spiro atoms. The third-order valence-electron chi connectivity index (χ3n) is 14.2. The highest BCUT2D eigenvalue weighted by molar-refractivity contribution is 5.95. The van der Waals surface area contributed by atoms with Crippen LogP contribution in [0.4, 0.5) is 0 Å².